The van der Waals surface area contributed by atoms with Gasteiger partial charge in [-0.3, -0.25) is 9.59 Å². The molecule has 2 amide bonds. The summed E-state index contributed by atoms with van der Waals surface area (Å²) in [5.41, 5.74) is 0.131. The molecule has 0 unspecified atom stereocenters. The molecule has 0 N–H and O–H groups in total. The van der Waals surface area contributed by atoms with Gasteiger partial charge in [-0.05, 0) is 60.0 Å². The summed E-state index contributed by atoms with van der Waals surface area (Å²) in [5.74, 6) is 0.489. The molecule has 4 nitrogen and oxygen atoms in total. The topological polar surface area (TPSA) is 40.6 Å². The van der Waals surface area contributed by atoms with Crippen LogP contribution in [0, 0.1) is 0 Å². The van der Waals surface area contributed by atoms with Gasteiger partial charge in [0.1, 0.15) is 0 Å². The van der Waals surface area contributed by atoms with E-state index < -0.39 is 16.6 Å². The van der Waals surface area contributed by atoms with E-state index in [1.165, 1.54) is 12.1 Å². The highest BCUT2D eigenvalue weighted by molar-refractivity contribution is 8.00. The van der Waals surface area contributed by atoms with Gasteiger partial charge in [0.15, 0.2) is 0 Å². The standard InChI is InChI=1S/C26H23F3N2O2S/c27-26(28,29)22-9-7-19(8-10-22)24(33)31-15-16-34-25(31)11-13-30(14-12-25)23(32)21-6-5-18-3-1-2-4-20(18)17-21/h1-10,17H,11-16H2. The van der Waals surface area contributed by atoms with E-state index in [1.54, 1.807) is 16.7 Å². The average Bonchev–Trinajstić information content (AvgIpc) is 3.25. The molecule has 0 atom stereocenters. The summed E-state index contributed by atoms with van der Waals surface area (Å²) in [6.45, 7) is 1.59. The van der Waals surface area contributed by atoms with Gasteiger partial charge in [0, 0.05) is 36.5 Å². The lowest BCUT2D eigenvalue weighted by Gasteiger charge is -2.44. The number of carbonyl (C=O) groups is 2. The summed E-state index contributed by atoms with van der Waals surface area (Å²) in [4.78, 5) is 29.5. The molecular weight excluding hydrogens is 461 g/mol. The zero-order chi connectivity index (χ0) is 23.9. The number of amides is 2. The minimum atomic E-state index is -4.43. The molecule has 34 heavy (non-hydrogen) atoms. The third-order valence-corrected chi connectivity index (χ3v) is 8.26. The zero-order valence-electron chi connectivity index (χ0n) is 18.3. The fraction of sp³-hybridized carbons (Fsp3) is 0.308. The number of carbonyl (C=O) groups excluding carboxylic acids is 2. The van der Waals surface area contributed by atoms with Crippen LogP contribution in [0.3, 0.4) is 0 Å². The highest BCUT2D eigenvalue weighted by Gasteiger charge is 2.47. The maximum absolute atomic E-state index is 13.2. The second-order valence-corrected chi connectivity index (χ2v) is 10.1. The minimum absolute atomic E-state index is 0.0239. The Morgan fingerprint density at radius 2 is 1.44 bits per heavy atom. The van der Waals surface area contributed by atoms with Crippen molar-refractivity contribution in [1.82, 2.24) is 9.80 Å². The van der Waals surface area contributed by atoms with Crippen molar-refractivity contribution >= 4 is 34.3 Å². The van der Waals surface area contributed by atoms with E-state index in [1.807, 2.05) is 47.4 Å². The van der Waals surface area contributed by atoms with Crippen LogP contribution in [0.15, 0.2) is 66.7 Å². The third-order valence-electron chi connectivity index (χ3n) is 6.71. The number of benzene rings is 3. The van der Waals surface area contributed by atoms with E-state index >= 15 is 0 Å². The Morgan fingerprint density at radius 1 is 0.794 bits per heavy atom. The van der Waals surface area contributed by atoms with Crippen molar-refractivity contribution < 1.29 is 22.8 Å². The molecule has 0 bridgehead atoms. The number of thioether (sulfide) groups is 1. The fourth-order valence-corrected chi connectivity index (χ4v) is 6.29. The minimum Gasteiger partial charge on any atom is -0.338 e. The van der Waals surface area contributed by atoms with E-state index in [2.05, 4.69) is 0 Å². The van der Waals surface area contributed by atoms with Gasteiger partial charge < -0.3 is 9.80 Å². The van der Waals surface area contributed by atoms with Crippen molar-refractivity contribution in [3.8, 4) is 0 Å². The van der Waals surface area contributed by atoms with Gasteiger partial charge in [0.05, 0.1) is 10.4 Å². The van der Waals surface area contributed by atoms with Crippen LogP contribution in [-0.2, 0) is 6.18 Å². The molecule has 2 fully saturated rings. The molecule has 0 aromatic heterocycles. The number of hydrogen-bond acceptors (Lipinski definition) is 3. The fourth-order valence-electron chi connectivity index (χ4n) is 4.83. The van der Waals surface area contributed by atoms with Crippen LogP contribution in [-0.4, -0.2) is 51.9 Å². The van der Waals surface area contributed by atoms with Gasteiger partial charge in [-0.25, -0.2) is 0 Å². The summed E-state index contributed by atoms with van der Waals surface area (Å²) in [6, 6.07) is 18.0. The van der Waals surface area contributed by atoms with Gasteiger partial charge in [0.25, 0.3) is 11.8 Å². The third kappa shape index (κ3) is 4.15. The molecule has 2 aliphatic heterocycles. The average molecular weight is 485 g/mol. The number of alkyl halides is 3. The Balaban J connectivity index is 1.29. The Kier molecular flexibility index (Phi) is 5.80. The van der Waals surface area contributed by atoms with Crippen molar-refractivity contribution in [2.45, 2.75) is 23.9 Å². The van der Waals surface area contributed by atoms with Crippen LogP contribution < -0.4 is 0 Å². The second-order valence-electron chi connectivity index (χ2n) is 8.68. The number of hydrogen-bond donors (Lipinski definition) is 0. The van der Waals surface area contributed by atoms with Gasteiger partial charge in [-0.1, -0.05) is 30.3 Å². The lowest BCUT2D eigenvalue weighted by Crippen LogP contribution is -2.53. The first-order valence-corrected chi connectivity index (χ1v) is 12.2. The van der Waals surface area contributed by atoms with Gasteiger partial charge in [-0.15, -0.1) is 11.8 Å². The first-order valence-electron chi connectivity index (χ1n) is 11.2. The summed E-state index contributed by atoms with van der Waals surface area (Å²) >= 11 is 1.70. The largest absolute Gasteiger partial charge is 0.416 e. The molecule has 2 saturated heterocycles. The van der Waals surface area contributed by atoms with E-state index in [-0.39, 0.29) is 17.4 Å². The van der Waals surface area contributed by atoms with Crippen LogP contribution in [0.2, 0.25) is 0 Å². The van der Waals surface area contributed by atoms with Crippen LogP contribution in [0.4, 0.5) is 13.2 Å². The van der Waals surface area contributed by atoms with Crippen molar-refractivity contribution in [3.63, 3.8) is 0 Å². The SMILES string of the molecule is O=C(c1ccc2ccccc2c1)N1CCC2(CC1)SCCN2C(=O)c1ccc(C(F)(F)F)cc1. The Morgan fingerprint density at radius 3 is 2.12 bits per heavy atom. The second kappa shape index (κ2) is 8.65. The molecule has 8 heteroatoms. The number of halogens is 3. The Bertz CT molecular complexity index is 1230. The molecule has 3 aromatic carbocycles. The van der Waals surface area contributed by atoms with E-state index in [9.17, 15) is 22.8 Å². The number of piperidine rings is 1. The number of nitrogens with zero attached hydrogens (tertiary/aromatic N) is 2. The molecule has 0 radical (unpaired) electrons. The molecule has 1 spiro atoms. The van der Waals surface area contributed by atoms with Gasteiger partial charge in [0.2, 0.25) is 0 Å². The summed E-state index contributed by atoms with van der Waals surface area (Å²) in [6.07, 6.45) is -3.18. The highest BCUT2D eigenvalue weighted by Crippen LogP contribution is 2.45. The van der Waals surface area contributed by atoms with Crippen molar-refractivity contribution in [2.75, 3.05) is 25.4 Å². The quantitative estimate of drug-likeness (QED) is 0.470. The number of fused-ring (bicyclic) bond motifs is 1. The first-order chi connectivity index (χ1) is 16.3. The summed E-state index contributed by atoms with van der Waals surface area (Å²) in [7, 11) is 0. The van der Waals surface area contributed by atoms with E-state index in [0.29, 0.717) is 38.0 Å². The number of likely N-dealkylation sites (tertiary alicyclic amines) is 1. The maximum Gasteiger partial charge on any atom is 0.416 e. The number of rotatable bonds is 2. The van der Waals surface area contributed by atoms with Crippen LogP contribution in [0.25, 0.3) is 10.8 Å². The molecule has 5 rings (SSSR count). The zero-order valence-corrected chi connectivity index (χ0v) is 19.2. The molecule has 176 valence electrons. The normalized spacial score (nSPS) is 18.0. The lowest BCUT2D eigenvalue weighted by molar-refractivity contribution is -0.137. The van der Waals surface area contributed by atoms with Crippen molar-refractivity contribution in [1.29, 1.82) is 0 Å². The highest BCUT2D eigenvalue weighted by atomic mass is 32.2. The van der Waals surface area contributed by atoms with Crippen LogP contribution >= 0.6 is 11.8 Å². The molecule has 2 aliphatic rings. The van der Waals surface area contributed by atoms with E-state index in [4.69, 9.17) is 0 Å². The molecular formula is C26H23F3N2O2S. The summed E-state index contributed by atoms with van der Waals surface area (Å²) < 4.78 is 38.6. The molecule has 3 aromatic rings. The Hall–Kier alpha value is -3.00. The molecule has 2 heterocycles. The van der Waals surface area contributed by atoms with Gasteiger partial charge >= 0.3 is 6.18 Å². The van der Waals surface area contributed by atoms with Crippen molar-refractivity contribution in [2.24, 2.45) is 0 Å². The maximum atomic E-state index is 13.2. The van der Waals surface area contributed by atoms with Gasteiger partial charge in [-0.2, -0.15) is 13.2 Å². The van der Waals surface area contributed by atoms with E-state index in [0.717, 1.165) is 28.7 Å². The summed E-state index contributed by atoms with van der Waals surface area (Å²) in [5, 5.41) is 2.10. The predicted octanol–water partition coefficient (Wildman–Crippen LogP) is 5.68. The smallest absolute Gasteiger partial charge is 0.338 e. The molecule has 0 aliphatic carbocycles. The monoisotopic (exact) mass is 484 g/mol. The van der Waals surface area contributed by atoms with Crippen molar-refractivity contribution in [3.05, 3.63) is 83.4 Å². The molecule has 0 saturated carbocycles. The van der Waals surface area contributed by atoms with Crippen LogP contribution in [0.5, 0.6) is 0 Å². The first kappa shape index (κ1) is 22.8. The Labute approximate surface area is 199 Å². The predicted molar refractivity (Wildman–Crippen MR) is 127 cm³/mol. The van der Waals surface area contributed by atoms with Crippen LogP contribution in [0.1, 0.15) is 39.1 Å². The lowest BCUT2D eigenvalue weighted by atomic mass is 9.99.